The molecule has 0 N–H and O–H groups in total. The average molecular weight is 418 g/mol. The molecule has 1 unspecified atom stereocenters. The van der Waals surface area contributed by atoms with Crippen LogP contribution < -0.4 is 0 Å². The summed E-state index contributed by atoms with van der Waals surface area (Å²) in [5, 5.41) is 0. The van der Waals surface area contributed by atoms with Gasteiger partial charge in [-0.05, 0) is 25.1 Å². The van der Waals surface area contributed by atoms with Crippen molar-refractivity contribution in [3.8, 4) is 10.4 Å². The maximum atomic E-state index is 14.0. The number of amides is 1. The Bertz CT molecular complexity index is 829. The zero-order valence-electron chi connectivity index (χ0n) is 16.8. The van der Waals surface area contributed by atoms with Gasteiger partial charge in [0.2, 0.25) is 5.91 Å². The first kappa shape index (κ1) is 20.5. The van der Waals surface area contributed by atoms with E-state index in [1.165, 1.54) is 10.9 Å². The Morgan fingerprint density at radius 1 is 1.07 bits per heavy atom. The number of benzene rings is 1. The van der Waals surface area contributed by atoms with E-state index in [-0.39, 0.29) is 17.8 Å². The summed E-state index contributed by atoms with van der Waals surface area (Å²) in [6, 6.07) is 11.0. The molecule has 5 nitrogen and oxygen atoms in total. The van der Waals surface area contributed by atoms with Crippen molar-refractivity contribution in [1.82, 2.24) is 14.7 Å². The number of morpholine rings is 1. The zero-order valence-corrected chi connectivity index (χ0v) is 17.7. The molecule has 1 aromatic carbocycles. The Balaban J connectivity index is 1.29. The molecular formula is C22H28FN3O2S. The molecule has 3 heterocycles. The van der Waals surface area contributed by atoms with Crippen molar-refractivity contribution in [3.63, 3.8) is 0 Å². The summed E-state index contributed by atoms with van der Waals surface area (Å²) < 4.78 is 19.4. The summed E-state index contributed by atoms with van der Waals surface area (Å²) in [4.78, 5) is 21.6. The highest BCUT2D eigenvalue weighted by Crippen LogP contribution is 2.30. The lowest BCUT2D eigenvalue weighted by atomic mass is 10.2. The Hall–Kier alpha value is -1.80. The fourth-order valence-corrected chi connectivity index (χ4v) is 5.08. The van der Waals surface area contributed by atoms with Crippen LogP contribution in [0.3, 0.4) is 0 Å². The fraction of sp³-hybridized carbons (Fsp3) is 0.500. The maximum Gasteiger partial charge on any atom is 0.239 e. The minimum atomic E-state index is -0.173. The lowest BCUT2D eigenvalue weighted by Gasteiger charge is -2.39. The van der Waals surface area contributed by atoms with E-state index in [4.69, 9.17) is 4.74 Å². The molecule has 0 spiro atoms. The van der Waals surface area contributed by atoms with Crippen molar-refractivity contribution >= 4 is 17.2 Å². The highest BCUT2D eigenvalue weighted by atomic mass is 32.1. The van der Waals surface area contributed by atoms with Crippen LogP contribution in [0.25, 0.3) is 10.4 Å². The molecule has 4 rings (SSSR count). The average Bonchev–Trinajstić information content (AvgIpc) is 3.22. The molecule has 1 aromatic heterocycles. The minimum Gasteiger partial charge on any atom is -0.378 e. The third-order valence-electron chi connectivity index (χ3n) is 5.82. The monoisotopic (exact) mass is 417 g/mol. The molecule has 0 radical (unpaired) electrons. The molecular weight excluding hydrogens is 389 g/mol. The smallest absolute Gasteiger partial charge is 0.239 e. The van der Waals surface area contributed by atoms with E-state index in [9.17, 15) is 9.18 Å². The van der Waals surface area contributed by atoms with E-state index in [1.54, 1.807) is 17.4 Å². The van der Waals surface area contributed by atoms with Gasteiger partial charge in [-0.2, -0.15) is 0 Å². The molecule has 2 fully saturated rings. The van der Waals surface area contributed by atoms with Gasteiger partial charge in [-0.3, -0.25) is 14.6 Å². The van der Waals surface area contributed by atoms with Crippen LogP contribution in [0, 0.1) is 5.82 Å². The first-order chi connectivity index (χ1) is 14.1. The van der Waals surface area contributed by atoms with Crippen LogP contribution in [-0.4, -0.2) is 79.1 Å². The quantitative estimate of drug-likeness (QED) is 0.750. The maximum absolute atomic E-state index is 14.0. The molecule has 2 saturated heterocycles. The Morgan fingerprint density at radius 2 is 1.79 bits per heavy atom. The van der Waals surface area contributed by atoms with Gasteiger partial charge in [-0.15, -0.1) is 11.3 Å². The molecule has 29 heavy (non-hydrogen) atoms. The van der Waals surface area contributed by atoms with E-state index in [1.807, 2.05) is 30.0 Å². The second kappa shape index (κ2) is 9.34. The Labute approximate surface area is 175 Å². The second-order valence-electron chi connectivity index (χ2n) is 7.67. The van der Waals surface area contributed by atoms with Crippen LogP contribution in [-0.2, 0) is 16.1 Å². The van der Waals surface area contributed by atoms with Crippen molar-refractivity contribution in [2.75, 3.05) is 52.5 Å². The van der Waals surface area contributed by atoms with Crippen molar-refractivity contribution in [2.45, 2.75) is 19.5 Å². The molecule has 2 aliphatic rings. The fourth-order valence-electron chi connectivity index (χ4n) is 4.00. The summed E-state index contributed by atoms with van der Waals surface area (Å²) in [5.74, 6) is 0.0444. The third kappa shape index (κ3) is 4.86. The normalized spacial score (nSPS) is 20.0. The zero-order chi connectivity index (χ0) is 20.2. The van der Waals surface area contributed by atoms with Gasteiger partial charge in [0.25, 0.3) is 0 Å². The summed E-state index contributed by atoms with van der Waals surface area (Å²) >= 11 is 1.66. The molecule has 2 aliphatic heterocycles. The van der Waals surface area contributed by atoms with Gasteiger partial charge in [0.1, 0.15) is 5.82 Å². The number of hydrogen-bond acceptors (Lipinski definition) is 5. The lowest BCUT2D eigenvalue weighted by molar-refractivity contribution is -0.141. The molecule has 0 saturated carbocycles. The Morgan fingerprint density at radius 3 is 2.52 bits per heavy atom. The number of piperazine rings is 1. The minimum absolute atomic E-state index is 0.0790. The predicted molar refractivity (Wildman–Crippen MR) is 113 cm³/mol. The predicted octanol–water partition coefficient (Wildman–Crippen LogP) is 2.92. The standard InChI is InChI=1S/C22H28FN3O2S/c1-17(22(27)26-12-14-28-15-13-26)25-10-8-24(9-11-25)16-18-6-7-21(29-18)19-4-2-3-5-20(19)23/h2-7,17H,8-16H2,1H3. The van der Waals surface area contributed by atoms with E-state index >= 15 is 0 Å². The van der Waals surface area contributed by atoms with Gasteiger partial charge in [0.15, 0.2) is 0 Å². The molecule has 2 aromatic rings. The summed E-state index contributed by atoms with van der Waals surface area (Å²) in [7, 11) is 0. The van der Waals surface area contributed by atoms with Gasteiger partial charge in [-0.1, -0.05) is 18.2 Å². The van der Waals surface area contributed by atoms with Gasteiger partial charge in [0.05, 0.1) is 19.3 Å². The number of nitrogens with zero attached hydrogens (tertiary/aromatic N) is 3. The van der Waals surface area contributed by atoms with Crippen molar-refractivity contribution in [1.29, 1.82) is 0 Å². The first-order valence-corrected chi connectivity index (χ1v) is 11.1. The Kier molecular flexibility index (Phi) is 6.60. The number of rotatable bonds is 5. The van der Waals surface area contributed by atoms with Crippen molar-refractivity contribution < 1.29 is 13.9 Å². The van der Waals surface area contributed by atoms with E-state index in [0.29, 0.717) is 31.9 Å². The highest BCUT2D eigenvalue weighted by Gasteiger charge is 2.29. The van der Waals surface area contributed by atoms with Crippen LogP contribution >= 0.6 is 11.3 Å². The number of halogens is 1. The van der Waals surface area contributed by atoms with Gasteiger partial charge >= 0.3 is 0 Å². The first-order valence-electron chi connectivity index (χ1n) is 10.3. The van der Waals surface area contributed by atoms with Gasteiger partial charge in [0, 0.05) is 61.1 Å². The third-order valence-corrected chi connectivity index (χ3v) is 6.92. The molecule has 1 amide bonds. The summed E-state index contributed by atoms with van der Waals surface area (Å²) in [5.41, 5.74) is 0.670. The summed E-state index contributed by atoms with van der Waals surface area (Å²) in [6.45, 7) is 9.24. The van der Waals surface area contributed by atoms with Gasteiger partial charge < -0.3 is 9.64 Å². The van der Waals surface area contributed by atoms with Gasteiger partial charge in [-0.25, -0.2) is 4.39 Å². The molecule has 7 heteroatoms. The number of carbonyl (C=O) groups excluding carboxylic acids is 1. The summed E-state index contributed by atoms with van der Waals surface area (Å²) in [6.07, 6.45) is 0. The van der Waals surface area contributed by atoms with Crippen LogP contribution in [0.1, 0.15) is 11.8 Å². The van der Waals surface area contributed by atoms with Crippen molar-refractivity contribution in [2.24, 2.45) is 0 Å². The second-order valence-corrected chi connectivity index (χ2v) is 8.84. The molecule has 0 aliphatic carbocycles. The molecule has 0 bridgehead atoms. The number of hydrogen-bond donors (Lipinski definition) is 0. The number of ether oxygens (including phenoxy) is 1. The van der Waals surface area contributed by atoms with Crippen LogP contribution in [0.4, 0.5) is 4.39 Å². The number of thiophene rings is 1. The SMILES string of the molecule is CC(C(=O)N1CCOCC1)N1CCN(Cc2ccc(-c3ccccc3F)s2)CC1. The molecule has 1 atom stereocenters. The van der Waals surface area contributed by atoms with Crippen LogP contribution in [0.2, 0.25) is 0 Å². The lowest BCUT2D eigenvalue weighted by Crippen LogP contribution is -2.55. The van der Waals surface area contributed by atoms with Crippen LogP contribution in [0.5, 0.6) is 0 Å². The topological polar surface area (TPSA) is 36.0 Å². The van der Waals surface area contributed by atoms with E-state index in [0.717, 1.165) is 37.6 Å². The largest absolute Gasteiger partial charge is 0.378 e. The van der Waals surface area contributed by atoms with E-state index in [2.05, 4.69) is 15.9 Å². The van der Waals surface area contributed by atoms with E-state index < -0.39 is 0 Å². The number of carbonyl (C=O) groups is 1. The molecule has 156 valence electrons. The highest BCUT2D eigenvalue weighted by molar-refractivity contribution is 7.15. The van der Waals surface area contributed by atoms with Crippen molar-refractivity contribution in [3.05, 3.63) is 47.1 Å². The van der Waals surface area contributed by atoms with Crippen LogP contribution in [0.15, 0.2) is 36.4 Å².